The number of nitrogens with zero attached hydrogens (tertiary/aromatic N) is 1. The monoisotopic (exact) mass is 332 g/mol. The average molecular weight is 333 g/mol. The molecule has 3 rings (SSSR count). The van der Waals surface area contributed by atoms with Crippen molar-refractivity contribution in [1.82, 2.24) is 10.3 Å². The second-order valence-corrected chi connectivity index (χ2v) is 5.67. The first kappa shape index (κ1) is 15.1. The Hall–Kier alpha value is -1.81. The fraction of sp³-hybridized carbons (Fsp3) is 0.118. The van der Waals surface area contributed by atoms with E-state index in [0.29, 0.717) is 28.2 Å². The lowest BCUT2D eigenvalue weighted by Gasteiger charge is -2.12. The van der Waals surface area contributed by atoms with Crippen molar-refractivity contribution in [1.29, 1.82) is 0 Å². The lowest BCUT2D eigenvalue weighted by atomic mass is 10.1. The van der Waals surface area contributed by atoms with Crippen molar-refractivity contribution in [2.24, 2.45) is 0 Å². The van der Waals surface area contributed by atoms with Gasteiger partial charge >= 0.3 is 0 Å². The molecule has 0 fully saturated rings. The van der Waals surface area contributed by atoms with Crippen molar-refractivity contribution in [2.75, 3.05) is 7.05 Å². The molecular weight excluding hydrogens is 319 g/mol. The lowest BCUT2D eigenvalue weighted by Crippen LogP contribution is -2.07. The number of aromatic nitrogens is 1. The van der Waals surface area contributed by atoms with Crippen LogP contribution in [-0.2, 0) is 6.54 Å². The molecule has 5 heteroatoms. The highest BCUT2D eigenvalue weighted by Crippen LogP contribution is 2.31. The maximum absolute atomic E-state index is 6.03. The number of fused-ring (bicyclic) bond motifs is 1. The number of ether oxygens (including phenoxy) is 1. The predicted molar refractivity (Wildman–Crippen MR) is 91.0 cm³/mol. The summed E-state index contributed by atoms with van der Waals surface area (Å²) < 4.78 is 5.91. The Bertz CT molecular complexity index is 821. The first-order chi connectivity index (χ1) is 10.7. The molecule has 22 heavy (non-hydrogen) atoms. The minimum Gasteiger partial charge on any atom is -0.439 e. The van der Waals surface area contributed by atoms with E-state index in [0.717, 1.165) is 16.5 Å². The summed E-state index contributed by atoms with van der Waals surface area (Å²) in [6.45, 7) is 0.661. The molecule has 3 aromatic rings. The second kappa shape index (κ2) is 6.53. The number of hydrogen-bond donors (Lipinski definition) is 1. The molecule has 1 N–H and O–H groups in total. The van der Waals surface area contributed by atoms with Gasteiger partial charge in [0.15, 0.2) is 0 Å². The number of hydrogen-bond acceptors (Lipinski definition) is 3. The fourth-order valence-electron chi connectivity index (χ4n) is 2.20. The topological polar surface area (TPSA) is 34.2 Å². The summed E-state index contributed by atoms with van der Waals surface area (Å²) >= 11 is 12.0. The molecule has 0 bridgehead atoms. The van der Waals surface area contributed by atoms with Gasteiger partial charge in [-0.2, -0.15) is 0 Å². The van der Waals surface area contributed by atoms with Crippen molar-refractivity contribution >= 4 is 34.1 Å². The standard InChI is InChI=1S/C17H14Cl2N2O/c1-20-10-12-8-11-4-2-3-5-16(11)21-17(12)22-13-6-7-14(18)15(19)9-13/h2-9,20H,10H2,1H3. The Labute approximate surface area is 138 Å². The van der Waals surface area contributed by atoms with Crippen LogP contribution in [0.4, 0.5) is 0 Å². The molecule has 0 spiro atoms. The Morgan fingerprint density at radius 1 is 1.05 bits per heavy atom. The molecule has 1 heterocycles. The summed E-state index contributed by atoms with van der Waals surface area (Å²) in [7, 11) is 1.89. The molecule has 0 aliphatic heterocycles. The Morgan fingerprint density at radius 3 is 2.64 bits per heavy atom. The highest BCUT2D eigenvalue weighted by atomic mass is 35.5. The number of rotatable bonds is 4. The SMILES string of the molecule is CNCc1cc2ccccc2nc1Oc1ccc(Cl)c(Cl)c1. The van der Waals surface area contributed by atoms with Gasteiger partial charge < -0.3 is 10.1 Å². The second-order valence-electron chi connectivity index (χ2n) is 4.85. The zero-order chi connectivity index (χ0) is 15.5. The zero-order valence-corrected chi connectivity index (χ0v) is 13.4. The highest BCUT2D eigenvalue weighted by Gasteiger charge is 2.10. The normalized spacial score (nSPS) is 10.9. The van der Waals surface area contributed by atoms with E-state index in [1.807, 2.05) is 31.3 Å². The third kappa shape index (κ3) is 3.17. The van der Waals surface area contributed by atoms with Gasteiger partial charge in [-0.25, -0.2) is 4.98 Å². The van der Waals surface area contributed by atoms with E-state index >= 15 is 0 Å². The molecule has 0 atom stereocenters. The van der Waals surface area contributed by atoms with E-state index in [-0.39, 0.29) is 0 Å². The minimum absolute atomic E-state index is 0.454. The van der Waals surface area contributed by atoms with Crippen LogP contribution in [0.5, 0.6) is 11.6 Å². The zero-order valence-electron chi connectivity index (χ0n) is 11.9. The molecule has 0 saturated carbocycles. The molecule has 112 valence electrons. The van der Waals surface area contributed by atoms with Gasteiger partial charge in [0.2, 0.25) is 5.88 Å². The van der Waals surface area contributed by atoms with Crippen molar-refractivity contribution < 1.29 is 4.74 Å². The first-order valence-electron chi connectivity index (χ1n) is 6.83. The van der Waals surface area contributed by atoms with Crippen LogP contribution < -0.4 is 10.1 Å². The molecule has 0 aliphatic carbocycles. The largest absolute Gasteiger partial charge is 0.439 e. The van der Waals surface area contributed by atoms with Crippen LogP contribution in [-0.4, -0.2) is 12.0 Å². The smallest absolute Gasteiger partial charge is 0.224 e. The molecular formula is C17H14Cl2N2O. The number of nitrogens with one attached hydrogen (secondary N) is 1. The summed E-state index contributed by atoms with van der Waals surface area (Å²) in [6.07, 6.45) is 0. The maximum Gasteiger partial charge on any atom is 0.224 e. The number of para-hydroxylation sites is 1. The Kier molecular flexibility index (Phi) is 4.48. The molecule has 0 unspecified atom stereocenters. The third-order valence-corrected chi connectivity index (χ3v) is 3.98. The minimum atomic E-state index is 0.454. The van der Waals surface area contributed by atoms with E-state index in [2.05, 4.69) is 16.4 Å². The highest BCUT2D eigenvalue weighted by molar-refractivity contribution is 6.42. The van der Waals surface area contributed by atoms with Gasteiger partial charge in [-0.1, -0.05) is 41.4 Å². The van der Waals surface area contributed by atoms with Crippen molar-refractivity contribution in [2.45, 2.75) is 6.54 Å². The summed E-state index contributed by atoms with van der Waals surface area (Å²) in [4.78, 5) is 4.60. The maximum atomic E-state index is 6.03. The van der Waals surface area contributed by atoms with Crippen molar-refractivity contribution in [3.63, 3.8) is 0 Å². The molecule has 0 aliphatic rings. The molecule has 0 radical (unpaired) electrons. The van der Waals surface area contributed by atoms with E-state index < -0.39 is 0 Å². The molecule has 1 aromatic heterocycles. The van der Waals surface area contributed by atoms with Crippen molar-refractivity contribution in [3.8, 4) is 11.6 Å². The molecule has 3 nitrogen and oxygen atoms in total. The van der Waals surface area contributed by atoms with Gasteiger partial charge in [-0.3, -0.25) is 0 Å². The lowest BCUT2D eigenvalue weighted by molar-refractivity contribution is 0.456. The van der Waals surface area contributed by atoms with Gasteiger partial charge in [0, 0.05) is 23.6 Å². The van der Waals surface area contributed by atoms with Crippen LogP contribution in [0.3, 0.4) is 0 Å². The Morgan fingerprint density at radius 2 is 1.86 bits per heavy atom. The van der Waals surface area contributed by atoms with Crippen LogP contribution >= 0.6 is 23.2 Å². The van der Waals surface area contributed by atoms with Crippen LogP contribution in [0, 0.1) is 0 Å². The van der Waals surface area contributed by atoms with Crippen LogP contribution in [0.1, 0.15) is 5.56 Å². The van der Waals surface area contributed by atoms with Gasteiger partial charge in [0.25, 0.3) is 0 Å². The number of pyridine rings is 1. The van der Waals surface area contributed by atoms with Crippen molar-refractivity contribution in [3.05, 3.63) is 64.1 Å². The van der Waals surface area contributed by atoms with Gasteiger partial charge in [-0.15, -0.1) is 0 Å². The van der Waals surface area contributed by atoms with Gasteiger partial charge in [0.05, 0.1) is 15.6 Å². The molecule has 0 amide bonds. The number of benzene rings is 2. The summed E-state index contributed by atoms with van der Waals surface area (Å²) in [5.41, 5.74) is 1.87. The predicted octanol–water partition coefficient (Wildman–Crippen LogP) is 5.05. The van der Waals surface area contributed by atoms with Crippen LogP contribution in [0.25, 0.3) is 10.9 Å². The summed E-state index contributed by atoms with van der Waals surface area (Å²) in [5.74, 6) is 1.17. The summed E-state index contributed by atoms with van der Waals surface area (Å²) in [6, 6.07) is 15.2. The van der Waals surface area contributed by atoms with Gasteiger partial charge in [-0.05, 0) is 31.3 Å². The van der Waals surface area contributed by atoms with E-state index in [4.69, 9.17) is 27.9 Å². The van der Waals surface area contributed by atoms with E-state index in [1.54, 1.807) is 18.2 Å². The number of halogens is 2. The third-order valence-electron chi connectivity index (χ3n) is 3.24. The van der Waals surface area contributed by atoms with Gasteiger partial charge in [0.1, 0.15) is 5.75 Å². The first-order valence-corrected chi connectivity index (χ1v) is 7.59. The van der Waals surface area contributed by atoms with E-state index in [9.17, 15) is 0 Å². The molecule has 0 saturated heterocycles. The van der Waals surface area contributed by atoms with E-state index in [1.165, 1.54) is 0 Å². The Balaban J connectivity index is 2.03. The molecule has 2 aromatic carbocycles. The summed E-state index contributed by atoms with van der Waals surface area (Å²) in [5, 5.41) is 5.16. The fourth-order valence-corrected chi connectivity index (χ4v) is 2.49. The van der Waals surface area contributed by atoms with Crippen LogP contribution in [0.2, 0.25) is 10.0 Å². The van der Waals surface area contributed by atoms with Crippen LogP contribution in [0.15, 0.2) is 48.5 Å². The average Bonchev–Trinajstić information content (AvgIpc) is 2.52. The quantitative estimate of drug-likeness (QED) is 0.725.